The fourth-order valence-electron chi connectivity index (χ4n) is 1.95. The summed E-state index contributed by atoms with van der Waals surface area (Å²) in [4.78, 5) is 14.8. The molecule has 118 valence electrons. The fraction of sp³-hybridized carbons (Fsp3) is 0.286. The molecule has 0 radical (unpaired) electrons. The van der Waals surface area contributed by atoms with Crippen molar-refractivity contribution in [2.45, 2.75) is 19.6 Å². The van der Waals surface area contributed by atoms with Gasteiger partial charge in [0.2, 0.25) is 0 Å². The third kappa shape index (κ3) is 2.95. The molecule has 0 saturated carbocycles. The largest absolute Gasteiger partial charge is 0.465 e. The Balaban J connectivity index is 2.52. The molecule has 1 aromatic carbocycles. The summed E-state index contributed by atoms with van der Waals surface area (Å²) >= 11 is 0. The summed E-state index contributed by atoms with van der Waals surface area (Å²) in [6.45, 7) is 1.81. The molecule has 0 bridgehead atoms. The molecule has 22 heavy (non-hydrogen) atoms. The van der Waals surface area contributed by atoms with Crippen molar-refractivity contribution in [2.75, 3.05) is 7.11 Å². The summed E-state index contributed by atoms with van der Waals surface area (Å²) in [6, 6.07) is 3.38. The van der Waals surface area contributed by atoms with E-state index in [0.717, 1.165) is 19.4 Å². The van der Waals surface area contributed by atoms with E-state index in [2.05, 4.69) is 9.72 Å². The second-order valence-corrected chi connectivity index (χ2v) is 4.42. The molecule has 0 aliphatic rings. The molecular formula is C14H12F4N2O2. The van der Waals surface area contributed by atoms with Crippen LogP contribution in [0.2, 0.25) is 0 Å². The first-order valence-corrected chi connectivity index (χ1v) is 6.30. The smallest absolute Gasteiger partial charge is 0.434 e. The zero-order chi connectivity index (χ0) is 16.5. The van der Waals surface area contributed by atoms with Gasteiger partial charge in [-0.3, -0.25) is 0 Å². The lowest BCUT2D eigenvalue weighted by Gasteiger charge is -2.07. The lowest BCUT2D eigenvalue weighted by atomic mass is 10.1. The molecular weight excluding hydrogens is 304 g/mol. The van der Waals surface area contributed by atoms with Gasteiger partial charge in [-0.15, -0.1) is 0 Å². The van der Waals surface area contributed by atoms with E-state index in [0.29, 0.717) is 0 Å². The number of aryl methyl sites for hydroxylation is 1. The molecule has 0 atom stereocenters. The topological polar surface area (TPSA) is 44.1 Å². The van der Waals surface area contributed by atoms with E-state index in [4.69, 9.17) is 0 Å². The van der Waals surface area contributed by atoms with Gasteiger partial charge < -0.3 is 9.30 Å². The average Bonchev–Trinajstić information content (AvgIpc) is 2.90. The van der Waals surface area contributed by atoms with Crippen molar-refractivity contribution in [1.29, 1.82) is 0 Å². The number of methoxy groups -OCH3 is 1. The molecule has 1 heterocycles. The molecule has 0 spiro atoms. The molecule has 0 aliphatic heterocycles. The van der Waals surface area contributed by atoms with Gasteiger partial charge in [-0.2, -0.15) is 13.2 Å². The number of imidazole rings is 1. The van der Waals surface area contributed by atoms with Crippen LogP contribution in [-0.2, 0) is 17.5 Å². The summed E-state index contributed by atoms with van der Waals surface area (Å²) in [5.41, 5.74) is -1.25. The Bertz CT molecular complexity index is 707. The Labute approximate surface area is 123 Å². The van der Waals surface area contributed by atoms with Crippen LogP contribution in [0.4, 0.5) is 17.6 Å². The van der Waals surface area contributed by atoms with Crippen LogP contribution in [0, 0.1) is 5.82 Å². The van der Waals surface area contributed by atoms with Gasteiger partial charge in [-0.25, -0.2) is 14.2 Å². The third-order valence-corrected chi connectivity index (χ3v) is 3.04. The van der Waals surface area contributed by atoms with Crippen LogP contribution < -0.4 is 0 Å². The van der Waals surface area contributed by atoms with Gasteiger partial charge in [-0.05, 0) is 25.1 Å². The zero-order valence-corrected chi connectivity index (χ0v) is 11.7. The van der Waals surface area contributed by atoms with Crippen molar-refractivity contribution in [1.82, 2.24) is 9.55 Å². The number of halogens is 4. The first kappa shape index (κ1) is 16.0. The summed E-state index contributed by atoms with van der Waals surface area (Å²) in [6.07, 6.45) is -3.79. The number of alkyl halides is 3. The van der Waals surface area contributed by atoms with E-state index in [1.165, 1.54) is 16.7 Å². The maximum atomic E-state index is 14.1. The molecule has 0 fully saturated rings. The Morgan fingerprint density at radius 3 is 2.55 bits per heavy atom. The molecule has 8 heteroatoms. The van der Waals surface area contributed by atoms with Crippen LogP contribution in [0.15, 0.2) is 24.4 Å². The predicted octanol–water partition coefficient (Wildman–Crippen LogP) is 3.51. The van der Waals surface area contributed by atoms with Crippen molar-refractivity contribution >= 4 is 5.97 Å². The summed E-state index contributed by atoms with van der Waals surface area (Å²) in [5, 5.41) is 0. The van der Waals surface area contributed by atoms with Crippen molar-refractivity contribution in [3.63, 3.8) is 0 Å². The van der Waals surface area contributed by atoms with Crippen LogP contribution in [-0.4, -0.2) is 22.6 Å². The van der Waals surface area contributed by atoms with E-state index in [1.807, 2.05) is 0 Å². The van der Waals surface area contributed by atoms with E-state index in [1.54, 1.807) is 6.92 Å². The minimum absolute atomic E-state index is 0.0330. The maximum absolute atomic E-state index is 14.1. The number of ether oxygens (including phenoxy) is 1. The monoisotopic (exact) mass is 316 g/mol. The fourth-order valence-corrected chi connectivity index (χ4v) is 1.95. The Morgan fingerprint density at radius 2 is 2.05 bits per heavy atom. The first-order chi connectivity index (χ1) is 10.3. The molecule has 0 aliphatic carbocycles. The molecule has 2 rings (SSSR count). The molecule has 2 aromatic rings. The van der Waals surface area contributed by atoms with Gasteiger partial charge in [-0.1, -0.05) is 0 Å². The highest BCUT2D eigenvalue weighted by molar-refractivity contribution is 5.89. The van der Waals surface area contributed by atoms with Crippen molar-refractivity contribution in [3.05, 3.63) is 41.5 Å². The highest BCUT2D eigenvalue weighted by Crippen LogP contribution is 2.32. The number of aromatic nitrogens is 2. The Hall–Kier alpha value is -2.38. The molecule has 0 N–H and O–H groups in total. The standard InChI is InChI=1S/C14H12F4N2O2/c1-3-20-7-11(14(16,17)18)19-12(20)9-5-4-8(6-10(9)15)13(21)22-2/h4-7H,3H2,1-2H3. The lowest BCUT2D eigenvalue weighted by molar-refractivity contribution is -0.140. The number of carbonyl (C=O) groups is 1. The second-order valence-electron chi connectivity index (χ2n) is 4.42. The van der Waals surface area contributed by atoms with E-state index in [9.17, 15) is 22.4 Å². The number of carbonyl (C=O) groups excluding carboxylic acids is 1. The number of rotatable bonds is 3. The van der Waals surface area contributed by atoms with Gasteiger partial charge in [0, 0.05) is 12.7 Å². The quantitative estimate of drug-likeness (QED) is 0.643. The van der Waals surface area contributed by atoms with Crippen LogP contribution >= 0.6 is 0 Å². The minimum Gasteiger partial charge on any atom is -0.465 e. The van der Waals surface area contributed by atoms with Gasteiger partial charge in [0.05, 0.1) is 18.2 Å². The molecule has 0 unspecified atom stereocenters. The zero-order valence-electron chi connectivity index (χ0n) is 11.7. The molecule has 4 nitrogen and oxygen atoms in total. The van der Waals surface area contributed by atoms with E-state index >= 15 is 0 Å². The number of hydrogen-bond donors (Lipinski definition) is 0. The normalized spacial score (nSPS) is 11.5. The van der Waals surface area contributed by atoms with Gasteiger partial charge in [0.15, 0.2) is 5.69 Å². The SMILES string of the molecule is CCn1cc(C(F)(F)F)nc1-c1ccc(C(=O)OC)cc1F. The van der Waals surface area contributed by atoms with Crippen LogP contribution in [0.3, 0.4) is 0 Å². The highest BCUT2D eigenvalue weighted by Gasteiger charge is 2.35. The van der Waals surface area contributed by atoms with Crippen LogP contribution in [0.25, 0.3) is 11.4 Å². The summed E-state index contributed by atoms with van der Waals surface area (Å²) in [7, 11) is 1.15. The highest BCUT2D eigenvalue weighted by atomic mass is 19.4. The average molecular weight is 316 g/mol. The number of benzene rings is 1. The minimum atomic E-state index is -4.61. The van der Waals surface area contributed by atoms with Crippen molar-refractivity contribution in [2.24, 2.45) is 0 Å². The molecule has 1 aromatic heterocycles. The predicted molar refractivity (Wildman–Crippen MR) is 69.6 cm³/mol. The van der Waals surface area contributed by atoms with Gasteiger partial charge in [0.1, 0.15) is 11.6 Å². The van der Waals surface area contributed by atoms with E-state index < -0.39 is 23.7 Å². The number of esters is 1. The van der Waals surface area contributed by atoms with Gasteiger partial charge in [0.25, 0.3) is 0 Å². The Kier molecular flexibility index (Phi) is 4.20. The Morgan fingerprint density at radius 1 is 1.36 bits per heavy atom. The molecule has 0 amide bonds. The second kappa shape index (κ2) is 5.78. The number of nitrogens with zero attached hydrogens (tertiary/aromatic N) is 2. The van der Waals surface area contributed by atoms with Crippen LogP contribution in [0.1, 0.15) is 23.0 Å². The molecule has 0 saturated heterocycles. The first-order valence-electron chi connectivity index (χ1n) is 6.30. The van der Waals surface area contributed by atoms with Crippen molar-refractivity contribution in [3.8, 4) is 11.4 Å². The van der Waals surface area contributed by atoms with E-state index in [-0.39, 0.29) is 23.5 Å². The lowest BCUT2D eigenvalue weighted by Crippen LogP contribution is -2.05. The number of hydrogen-bond acceptors (Lipinski definition) is 3. The van der Waals surface area contributed by atoms with Gasteiger partial charge >= 0.3 is 12.1 Å². The summed E-state index contributed by atoms with van der Waals surface area (Å²) in [5.74, 6) is -1.74. The maximum Gasteiger partial charge on any atom is 0.434 e. The van der Waals surface area contributed by atoms with Crippen LogP contribution in [0.5, 0.6) is 0 Å². The van der Waals surface area contributed by atoms with Crippen molar-refractivity contribution < 1.29 is 27.1 Å². The third-order valence-electron chi connectivity index (χ3n) is 3.04. The summed E-state index contributed by atoms with van der Waals surface area (Å²) < 4.78 is 57.9.